The number of carbonyl (C=O) groups excluding carboxylic acids is 1. The highest BCUT2D eigenvalue weighted by molar-refractivity contribution is 5.98. The number of carbonyl (C=O) groups is 1. The molecule has 0 radical (unpaired) electrons. The molecule has 0 N–H and O–H groups in total. The zero-order chi connectivity index (χ0) is 13.4. The Labute approximate surface area is 112 Å². The van der Waals surface area contributed by atoms with Gasteiger partial charge in [0, 0.05) is 23.9 Å². The Bertz CT molecular complexity index is 640. The lowest BCUT2D eigenvalue weighted by atomic mass is 9.96. The van der Waals surface area contributed by atoms with Crippen molar-refractivity contribution in [3.8, 4) is 11.4 Å². The van der Waals surface area contributed by atoms with Crippen LogP contribution in [0.25, 0.3) is 5.69 Å². The average Bonchev–Trinajstić information content (AvgIpc) is 2.84. The van der Waals surface area contributed by atoms with Gasteiger partial charge in [0.15, 0.2) is 5.78 Å². The summed E-state index contributed by atoms with van der Waals surface area (Å²) in [5, 5.41) is 0. The van der Waals surface area contributed by atoms with E-state index in [9.17, 15) is 4.79 Å². The molecule has 3 rings (SSSR count). The molecule has 0 fully saturated rings. The Morgan fingerprint density at radius 2 is 2.05 bits per heavy atom. The molecule has 0 aliphatic heterocycles. The normalized spacial score (nSPS) is 14.3. The summed E-state index contributed by atoms with van der Waals surface area (Å²) in [4.78, 5) is 11.9. The Balaban J connectivity index is 2.18. The Kier molecular flexibility index (Phi) is 2.90. The SMILES string of the molecule is COc1ccc(C)cc1-n1ccc2c1CCCC2=O. The van der Waals surface area contributed by atoms with Gasteiger partial charge in [-0.05, 0) is 43.5 Å². The van der Waals surface area contributed by atoms with E-state index in [2.05, 4.69) is 17.6 Å². The predicted molar refractivity (Wildman–Crippen MR) is 74.3 cm³/mol. The summed E-state index contributed by atoms with van der Waals surface area (Å²) in [5.41, 5.74) is 4.17. The van der Waals surface area contributed by atoms with E-state index in [1.807, 2.05) is 24.4 Å². The van der Waals surface area contributed by atoms with Gasteiger partial charge in [-0.15, -0.1) is 0 Å². The second kappa shape index (κ2) is 4.57. The van der Waals surface area contributed by atoms with Gasteiger partial charge in [0.05, 0.1) is 12.8 Å². The summed E-state index contributed by atoms with van der Waals surface area (Å²) >= 11 is 0. The number of rotatable bonds is 2. The van der Waals surface area contributed by atoms with Crippen LogP contribution in [0, 0.1) is 6.92 Å². The first-order chi connectivity index (χ1) is 9.20. The summed E-state index contributed by atoms with van der Waals surface area (Å²) in [6.07, 6.45) is 4.53. The first-order valence-corrected chi connectivity index (χ1v) is 6.59. The number of nitrogens with zero attached hydrogens (tertiary/aromatic N) is 1. The quantitative estimate of drug-likeness (QED) is 0.824. The van der Waals surface area contributed by atoms with Gasteiger partial charge in [0.25, 0.3) is 0 Å². The number of ketones is 1. The highest BCUT2D eigenvalue weighted by atomic mass is 16.5. The molecule has 0 unspecified atom stereocenters. The molecule has 2 aromatic rings. The lowest BCUT2D eigenvalue weighted by Crippen LogP contribution is -2.12. The van der Waals surface area contributed by atoms with Gasteiger partial charge in [-0.25, -0.2) is 0 Å². The van der Waals surface area contributed by atoms with Crippen LogP contribution in [0.5, 0.6) is 5.75 Å². The molecule has 0 saturated carbocycles. The van der Waals surface area contributed by atoms with Gasteiger partial charge in [-0.3, -0.25) is 4.79 Å². The number of benzene rings is 1. The smallest absolute Gasteiger partial charge is 0.164 e. The van der Waals surface area contributed by atoms with E-state index in [4.69, 9.17) is 4.74 Å². The average molecular weight is 255 g/mol. The predicted octanol–water partition coefficient (Wildman–Crippen LogP) is 3.31. The fraction of sp³-hybridized carbons (Fsp3) is 0.312. The van der Waals surface area contributed by atoms with Crippen molar-refractivity contribution in [2.75, 3.05) is 7.11 Å². The Hall–Kier alpha value is -2.03. The van der Waals surface area contributed by atoms with Gasteiger partial charge in [-0.2, -0.15) is 0 Å². The van der Waals surface area contributed by atoms with Crippen molar-refractivity contribution < 1.29 is 9.53 Å². The van der Waals surface area contributed by atoms with Crippen LogP contribution in [0.15, 0.2) is 30.5 Å². The number of hydrogen-bond acceptors (Lipinski definition) is 2. The first kappa shape index (κ1) is 12.0. The van der Waals surface area contributed by atoms with Gasteiger partial charge >= 0.3 is 0 Å². The van der Waals surface area contributed by atoms with Crippen LogP contribution in [0.2, 0.25) is 0 Å². The second-order valence-electron chi connectivity index (χ2n) is 5.00. The fourth-order valence-electron chi connectivity index (χ4n) is 2.74. The van der Waals surface area contributed by atoms with Crippen molar-refractivity contribution in [1.29, 1.82) is 0 Å². The van der Waals surface area contributed by atoms with Crippen molar-refractivity contribution in [2.45, 2.75) is 26.2 Å². The summed E-state index contributed by atoms with van der Waals surface area (Å²) in [7, 11) is 1.68. The number of aryl methyl sites for hydroxylation is 1. The summed E-state index contributed by atoms with van der Waals surface area (Å²) in [6, 6.07) is 8.03. The molecule has 1 aliphatic carbocycles. The topological polar surface area (TPSA) is 31.2 Å². The third-order valence-corrected chi connectivity index (χ3v) is 3.70. The Morgan fingerprint density at radius 1 is 1.21 bits per heavy atom. The molecule has 1 aliphatic rings. The highest BCUT2D eigenvalue weighted by Crippen LogP contribution is 2.30. The van der Waals surface area contributed by atoms with Crippen molar-refractivity contribution >= 4 is 5.78 Å². The van der Waals surface area contributed by atoms with Crippen LogP contribution < -0.4 is 4.74 Å². The Morgan fingerprint density at radius 3 is 2.84 bits per heavy atom. The number of ether oxygens (including phenoxy) is 1. The molecule has 0 atom stereocenters. The van der Waals surface area contributed by atoms with Crippen molar-refractivity contribution in [2.24, 2.45) is 0 Å². The minimum Gasteiger partial charge on any atom is -0.495 e. The largest absolute Gasteiger partial charge is 0.495 e. The van der Waals surface area contributed by atoms with E-state index < -0.39 is 0 Å². The molecule has 0 bridgehead atoms. The summed E-state index contributed by atoms with van der Waals surface area (Å²) < 4.78 is 7.53. The number of methoxy groups -OCH3 is 1. The molecule has 98 valence electrons. The van der Waals surface area contributed by atoms with Crippen molar-refractivity contribution in [1.82, 2.24) is 4.57 Å². The maximum Gasteiger partial charge on any atom is 0.164 e. The first-order valence-electron chi connectivity index (χ1n) is 6.59. The van der Waals surface area contributed by atoms with Gasteiger partial charge < -0.3 is 9.30 Å². The van der Waals surface area contributed by atoms with Crippen LogP contribution >= 0.6 is 0 Å². The molecule has 3 nitrogen and oxygen atoms in total. The molecule has 1 aromatic carbocycles. The third-order valence-electron chi connectivity index (χ3n) is 3.70. The zero-order valence-corrected chi connectivity index (χ0v) is 11.3. The van der Waals surface area contributed by atoms with Crippen LogP contribution in [0.4, 0.5) is 0 Å². The van der Waals surface area contributed by atoms with Crippen LogP contribution in [-0.2, 0) is 6.42 Å². The summed E-state index contributed by atoms with van der Waals surface area (Å²) in [6.45, 7) is 2.06. The van der Waals surface area contributed by atoms with Crippen molar-refractivity contribution in [3.05, 3.63) is 47.3 Å². The minimum absolute atomic E-state index is 0.256. The van der Waals surface area contributed by atoms with Gasteiger partial charge in [0.1, 0.15) is 5.75 Å². The van der Waals surface area contributed by atoms with E-state index >= 15 is 0 Å². The minimum atomic E-state index is 0.256. The molecular weight excluding hydrogens is 238 g/mol. The van der Waals surface area contributed by atoms with E-state index in [0.717, 1.165) is 35.5 Å². The molecule has 0 saturated heterocycles. The van der Waals surface area contributed by atoms with Crippen LogP contribution in [0.3, 0.4) is 0 Å². The third kappa shape index (κ3) is 1.95. The number of aromatic nitrogens is 1. The highest BCUT2D eigenvalue weighted by Gasteiger charge is 2.22. The lowest BCUT2D eigenvalue weighted by molar-refractivity contribution is 0.0972. The number of Topliss-reactive ketones (excluding diaryl/α,β-unsaturated/α-hetero) is 1. The number of fused-ring (bicyclic) bond motifs is 1. The maximum atomic E-state index is 11.9. The molecule has 3 heteroatoms. The van der Waals surface area contributed by atoms with Crippen LogP contribution in [-0.4, -0.2) is 17.5 Å². The molecule has 1 aromatic heterocycles. The van der Waals surface area contributed by atoms with Crippen LogP contribution in [0.1, 0.15) is 34.5 Å². The lowest BCUT2D eigenvalue weighted by Gasteiger charge is -2.17. The van der Waals surface area contributed by atoms with Gasteiger partial charge in [-0.1, -0.05) is 6.07 Å². The van der Waals surface area contributed by atoms with Crippen molar-refractivity contribution in [3.63, 3.8) is 0 Å². The molecule has 0 amide bonds. The number of hydrogen-bond donors (Lipinski definition) is 0. The molecule has 1 heterocycles. The van der Waals surface area contributed by atoms with Gasteiger partial charge in [0.2, 0.25) is 0 Å². The zero-order valence-electron chi connectivity index (χ0n) is 11.3. The molecule has 0 spiro atoms. The second-order valence-corrected chi connectivity index (χ2v) is 5.00. The standard InChI is InChI=1S/C16H17NO2/c1-11-6-7-16(19-2)14(10-11)17-9-8-12-13(17)4-3-5-15(12)18/h6-10H,3-5H2,1-2H3. The molecular formula is C16H17NO2. The molecule has 19 heavy (non-hydrogen) atoms. The summed E-state index contributed by atoms with van der Waals surface area (Å²) in [5.74, 6) is 1.09. The van der Waals surface area contributed by atoms with E-state index in [1.165, 1.54) is 5.56 Å². The van der Waals surface area contributed by atoms with E-state index in [-0.39, 0.29) is 5.78 Å². The monoisotopic (exact) mass is 255 g/mol. The van der Waals surface area contributed by atoms with E-state index in [1.54, 1.807) is 7.11 Å². The van der Waals surface area contributed by atoms with E-state index in [0.29, 0.717) is 6.42 Å². The maximum absolute atomic E-state index is 11.9. The fourth-order valence-corrected chi connectivity index (χ4v) is 2.74.